The summed E-state index contributed by atoms with van der Waals surface area (Å²) >= 11 is 5.66. The second kappa shape index (κ2) is 8.45. The van der Waals surface area contributed by atoms with Crippen LogP contribution >= 0.6 is 11.6 Å². The topological polar surface area (TPSA) is 67.6 Å². The van der Waals surface area contributed by atoms with Crippen LogP contribution in [0.2, 0.25) is 5.02 Å². The van der Waals surface area contributed by atoms with Gasteiger partial charge in [-0.25, -0.2) is 13.5 Å². The Labute approximate surface area is 183 Å². The standard InChI is InChI=1S/C21H22ClF2N3O4/c1-5-6-14-19(28-4)18(20-15(30-14)10-29-21(2,3)31-20)27-9-13(25-26-27)11-7-8-12(22)17(24)16(11)23/h1,7-9,14-15,18-20H,6,10H2,2-4H3/t14-,15-,18-,19+,20+/m1/s1. The van der Waals surface area contributed by atoms with Gasteiger partial charge in [0.05, 0.1) is 23.9 Å². The highest BCUT2D eigenvalue weighted by atomic mass is 35.5. The number of terminal acetylenes is 1. The van der Waals surface area contributed by atoms with Crippen molar-refractivity contribution in [3.63, 3.8) is 0 Å². The van der Waals surface area contributed by atoms with Gasteiger partial charge in [-0.3, -0.25) is 0 Å². The third kappa shape index (κ3) is 4.06. The number of ether oxygens (including phenoxy) is 4. The van der Waals surface area contributed by atoms with E-state index < -0.39 is 47.9 Å². The van der Waals surface area contributed by atoms with E-state index in [4.69, 9.17) is 37.0 Å². The molecule has 0 aliphatic carbocycles. The Hall–Kier alpha value is -2.09. The van der Waals surface area contributed by atoms with Gasteiger partial charge < -0.3 is 18.9 Å². The number of nitrogens with zero attached hydrogens (tertiary/aromatic N) is 3. The van der Waals surface area contributed by atoms with Crippen LogP contribution in [0.4, 0.5) is 8.78 Å². The first kappa shape index (κ1) is 22.1. The summed E-state index contributed by atoms with van der Waals surface area (Å²) in [6.45, 7) is 3.90. The molecule has 2 aliphatic heterocycles. The molecular formula is C21H22ClF2N3O4. The molecule has 2 aromatic rings. The fourth-order valence-corrected chi connectivity index (χ4v) is 4.22. The molecule has 7 nitrogen and oxygen atoms in total. The van der Waals surface area contributed by atoms with Gasteiger partial charge in [0, 0.05) is 19.1 Å². The van der Waals surface area contributed by atoms with Crippen LogP contribution < -0.4 is 0 Å². The van der Waals surface area contributed by atoms with Gasteiger partial charge in [-0.15, -0.1) is 17.4 Å². The smallest absolute Gasteiger partial charge is 0.178 e. The van der Waals surface area contributed by atoms with E-state index in [2.05, 4.69) is 16.2 Å². The molecule has 2 fully saturated rings. The van der Waals surface area contributed by atoms with Crippen LogP contribution in [0.3, 0.4) is 0 Å². The van der Waals surface area contributed by atoms with Crippen molar-refractivity contribution in [2.45, 2.75) is 56.5 Å². The number of rotatable bonds is 4. The van der Waals surface area contributed by atoms with Gasteiger partial charge >= 0.3 is 0 Å². The monoisotopic (exact) mass is 453 g/mol. The minimum absolute atomic E-state index is 0.0564. The van der Waals surface area contributed by atoms with Gasteiger partial charge in [0.1, 0.15) is 30.0 Å². The number of methoxy groups -OCH3 is 1. The van der Waals surface area contributed by atoms with E-state index in [1.54, 1.807) is 21.0 Å². The second-order valence-electron chi connectivity index (χ2n) is 7.91. The molecule has 0 N–H and O–H groups in total. The van der Waals surface area contributed by atoms with Crippen molar-refractivity contribution in [1.29, 1.82) is 0 Å². The molecular weight excluding hydrogens is 432 g/mol. The first-order chi connectivity index (χ1) is 14.8. The number of fused-ring (bicyclic) bond motifs is 1. The molecule has 166 valence electrons. The fourth-order valence-electron chi connectivity index (χ4n) is 4.07. The average molecular weight is 454 g/mol. The number of hydrogen-bond donors (Lipinski definition) is 0. The highest BCUT2D eigenvalue weighted by molar-refractivity contribution is 6.30. The van der Waals surface area contributed by atoms with Gasteiger partial charge in [-0.2, -0.15) is 0 Å². The van der Waals surface area contributed by atoms with Crippen LogP contribution in [0, 0.1) is 24.0 Å². The molecule has 0 amide bonds. The van der Waals surface area contributed by atoms with Crippen LogP contribution in [0.25, 0.3) is 11.3 Å². The Bertz CT molecular complexity index is 1010. The zero-order chi connectivity index (χ0) is 22.3. The summed E-state index contributed by atoms with van der Waals surface area (Å²) in [6, 6.07) is 2.13. The average Bonchev–Trinajstić information content (AvgIpc) is 3.20. The maximum atomic E-state index is 14.4. The minimum Gasteiger partial charge on any atom is -0.376 e. The van der Waals surface area contributed by atoms with Crippen molar-refractivity contribution in [2.75, 3.05) is 13.7 Å². The normalized spacial score (nSPS) is 29.9. The number of aromatic nitrogens is 3. The van der Waals surface area contributed by atoms with Gasteiger partial charge in [0.15, 0.2) is 17.4 Å². The van der Waals surface area contributed by atoms with E-state index in [1.807, 2.05) is 0 Å². The minimum atomic E-state index is -1.14. The Morgan fingerprint density at radius 1 is 1.35 bits per heavy atom. The van der Waals surface area contributed by atoms with Gasteiger partial charge in [-0.05, 0) is 26.0 Å². The summed E-state index contributed by atoms with van der Waals surface area (Å²) < 4.78 is 53.7. The number of hydrogen-bond acceptors (Lipinski definition) is 6. The Balaban J connectivity index is 1.74. The fraction of sp³-hybridized carbons (Fsp3) is 0.524. The molecule has 0 bridgehead atoms. The van der Waals surface area contributed by atoms with Crippen LogP contribution in [-0.2, 0) is 18.9 Å². The Kier molecular flexibility index (Phi) is 6.03. The van der Waals surface area contributed by atoms with Gasteiger partial charge in [-0.1, -0.05) is 16.8 Å². The zero-order valence-electron chi connectivity index (χ0n) is 17.2. The summed E-state index contributed by atoms with van der Waals surface area (Å²) in [5.41, 5.74) is 0.0879. The van der Waals surface area contributed by atoms with Crippen molar-refractivity contribution in [1.82, 2.24) is 15.0 Å². The highest BCUT2D eigenvalue weighted by Gasteiger charge is 2.52. The van der Waals surface area contributed by atoms with Crippen molar-refractivity contribution >= 4 is 11.6 Å². The summed E-state index contributed by atoms with van der Waals surface area (Å²) in [5, 5.41) is 7.91. The first-order valence-corrected chi connectivity index (χ1v) is 10.1. The van der Waals surface area contributed by atoms with Crippen molar-refractivity contribution in [3.05, 3.63) is 35.0 Å². The molecule has 10 heteroatoms. The maximum Gasteiger partial charge on any atom is 0.178 e. The molecule has 4 rings (SSSR count). The summed E-state index contributed by atoms with van der Waals surface area (Å²) in [6.07, 6.45) is 5.48. The molecule has 31 heavy (non-hydrogen) atoms. The molecule has 1 aromatic carbocycles. The molecule has 5 atom stereocenters. The largest absolute Gasteiger partial charge is 0.376 e. The lowest BCUT2D eigenvalue weighted by Gasteiger charge is -2.50. The van der Waals surface area contributed by atoms with E-state index in [-0.39, 0.29) is 16.3 Å². The first-order valence-electron chi connectivity index (χ1n) is 9.75. The lowest BCUT2D eigenvalue weighted by molar-refractivity contribution is -0.349. The molecule has 2 aliphatic rings. The summed E-state index contributed by atoms with van der Waals surface area (Å²) in [5.74, 6) is -0.489. The Morgan fingerprint density at radius 3 is 2.84 bits per heavy atom. The van der Waals surface area contributed by atoms with Crippen molar-refractivity contribution < 1.29 is 27.7 Å². The molecule has 0 unspecified atom stereocenters. The lowest BCUT2D eigenvalue weighted by Crippen LogP contribution is -2.62. The second-order valence-corrected chi connectivity index (χ2v) is 8.32. The van der Waals surface area contributed by atoms with Gasteiger partial charge in [0.2, 0.25) is 0 Å². The quantitative estimate of drug-likeness (QED) is 0.522. The maximum absolute atomic E-state index is 14.4. The molecule has 2 saturated heterocycles. The number of halogens is 3. The lowest BCUT2D eigenvalue weighted by atomic mass is 9.90. The SMILES string of the molecule is C#CC[C@H]1O[C@@H]2COC(C)(C)O[C@@H]2[C@H](n2cc(-c3ccc(Cl)c(F)c3F)nn2)[C@H]1OC. The highest BCUT2D eigenvalue weighted by Crippen LogP contribution is 2.40. The molecule has 0 saturated carbocycles. The van der Waals surface area contributed by atoms with E-state index in [1.165, 1.54) is 23.0 Å². The van der Waals surface area contributed by atoms with Crippen molar-refractivity contribution in [2.24, 2.45) is 0 Å². The van der Waals surface area contributed by atoms with Crippen LogP contribution in [-0.4, -0.2) is 58.9 Å². The molecule has 3 heterocycles. The van der Waals surface area contributed by atoms with E-state index in [9.17, 15) is 8.78 Å². The van der Waals surface area contributed by atoms with E-state index in [0.29, 0.717) is 13.0 Å². The molecule has 0 radical (unpaired) electrons. The summed E-state index contributed by atoms with van der Waals surface area (Å²) in [7, 11) is 1.54. The van der Waals surface area contributed by atoms with Gasteiger partial charge in [0.25, 0.3) is 0 Å². The van der Waals surface area contributed by atoms with Crippen LogP contribution in [0.15, 0.2) is 18.3 Å². The third-order valence-corrected chi connectivity index (χ3v) is 5.78. The van der Waals surface area contributed by atoms with Crippen LogP contribution in [0.5, 0.6) is 0 Å². The Morgan fingerprint density at radius 2 is 2.13 bits per heavy atom. The van der Waals surface area contributed by atoms with E-state index >= 15 is 0 Å². The molecule has 0 spiro atoms. The van der Waals surface area contributed by atoms with Crippen LogP contribution in [0.1, 0.15) is 26.3 Å². The predicted octanol–water partition coefficient (Wildman–Crippen LogP) is 3.38. The third-order valence-electron chi connectivity index (χ3n) is 5.49. The zero-order valence-corrected chi connectivity index (χ0v) is 18.0. The summed E-state index contributed by atoms with van der Waals surface area (Å²) in [4.78, 5) is 0. The number of benzene rings is 1. The molecule has 1 aromatic heterocycles. The predicted molar refractivity (Wildman–Crippen MR) is 107 cm³/mol. The van der Waals surface area contributed by atoms with Crippen molar-refractivity contribution in [3.8, 4) is 23.6 Å². The van der Waals surface area contributed by atoms with E-state index in [0.717, 1.165) is 0 Å².